The van der Waals surface area contributed by atoms with E-state index in [1.165, 1.54) is 12.8 Å². The SMILES string of the molecule is CN=C(NCC1CC1)NC1CCN(c2ncccc2Cl)C1. The third kappa shape index (κ3) is 3.79. The summed E-state index contributed by atoms with van der Waals surface area (Å²) >= 11 is 6.22. The summed E-state index contributed by atoms with van der Waals surface area (Å²) in [5.41, 5.74) is 0. The Labute approximate surface area is 130 Å². The molecule has 1 saturated carbocycles. The lowest BCUT2D eigenvalue weighted by atomic mass is 10.3. The lowest BCUT2D eigenvalue weighted by molar-refractivity contribution is 0.640. The lowest BCUT2D eigenvalue weighted by Crippen LogP contribution is -2.45. The Hall–Kier alpha value is -1.49. The number of nitrogens with zero attached hydrogens (tertiary/aromatic N) is 3. The molecule has 0 bridgehead atoms. The van der Waals surface area contributed by atoms with Gasteiger partial charge in [0.15, 0.2) is 5.96 Å². The fraction of sp³-hybridized carbons (Fsp3) is 0.600. The Bertz CT molecular complexity index is 515. The van der Waals surface area contributed by atoms with E-state index in [1.807, 2.05) is 19.2 Å². The number of guanidine groups is 1. The Morgan fingerprint density at radius 1 is 1.48 bits per heavy atom. The largest absolute Gasteiger partial charge is 0.356 e. The van der Waals surface area contributed by atoms with Crippen LogP contribution in [0.1, 0.15) is 19.3 Å². The van der Waals surface area contributed by atoms with Crippen LogP contribution in [0.5, 0.6) is 0 Å². The molecular weight excluding hydrogens is 286 g/mol. The predicted molar refractivity (Wildman–Crippen MR) is 87.1 cm³/mol. The van der Waals surface area contributed by atoms with Gasteiger partial charge in [0.1, 0.15) is 5.82 Å². The van der Waals surface area contributed by atoms with E-state index in [2.05, 4.69) is 25.5 Å². The number of halogens is 1. The fourth-order valence-electron chi connectivity index (χ4n) is 2.63. The fourth-order valence-corrected chi connectivity index (χ4v) is 2.87. The van der Waals surface area contributed by atoms with Crippen molar-refractivity contribution in [2.24, 2.45) is 10.9 Å². The third-order valence-electron chi connectivity index (χ3n) is 4.05. The summed E-state index contributed by atoms with van der Waals surface area (Å²) in [5.74, 6) is 2.63. The van der Waals surface area contributed by atoms with Crippen LogP contribution in [0.4, 0.5) is 5.82 Å². The summed E-state index contributed by atoms with van der Waals surface area (Å²) in [6.07, 6.45) is 5.55. The minimum absolute atomic E-state index is 0.383. The van der Waals surface area contributed by atoms with E-state index in [0.29, 0.717) is 6.04 Å². The summed E-state index contributed by atoms with van der Waals surface area (Å²) < 4.78 is 0. The molecule has 21 heavy (non-hydrogen) atoms. The van der Waals surface area contributed by atoms with Crippen LogP contribution in [0.2, 0.25) is 5.02 Å². The summed E-state index contributed by atoms with van der Waals surface area (Å²) in [5, 5.41) is 7.61. The van der Waals surface area contributed by atoms with E-state index in [1.54, 1.807) is 6.20 Å². The van der Waals surface area contributed by atoms with Gasteiger partial charge in [0.2, 0.25) is 0 Å². The lowest BCUT2D eigenvalue weighted by Gasteiger charge is -2.20. The van der Waals surface area contributed by atoms with E-state index in [4.69, 9.17) is 11.6 Å². The highest BCUT2D eigenvalue weighted by atomic mass is 35.5. The van der Waals surface area contributed by atoms with E-state index in [-0.39, 0.29) is 0 Å². The smallest absolute Gasteiger partial charge is 0.191 e. The number of aromatic nitrogens is 1. The van der Waals surface area contributed by atoms with Crippen molar-refractivity contribution in [3.63, 3.8) is 0 Å². The standard InChI is InChI=1S/C15H22ClN5/c1-17-15(19-9-11-4-5-11)20-12-6-8-21(10-12)14-13(16)3-2-7-18-14/h2-3,7,11-12H,4-6,8-10H2,1H3,(H2,17,19,20). The molecule has 1 saturated heterocycles. The molecule has 114 valence electrons. The van der Waals surface area contributed by atoms with Crippen LogP contribution in [0, 0.1) is 5.92 Å². The van der Waals surface area contributed by atoms with Gasteiger partial charge >= 0.3 is 0 Å². The molecule has 0 spiro atoms. The zero-order chi connectivity index (χ0) is 14.7. The number of anilines is 1. The van der Waals surface area contributed by atoms with Crippen molar-refractivity contribution in [1.29, 1.82) is 0 Å². The number of hydrogen-bond acceptors (Lipinski definition) is 3. The molecule has 2 N–H and O–H groups in total. The predicted octanol–water partition coefficient (Wildman–Crippen LogP) is 1.89. The zero-order valence-electron chi connectivity index (χ0n) is 12.3. The zero-order valence-corrected chi connectivity index (χ0v) is 13.1. The molecular formula is C15H22ClN5. The van der Waals surface area contributed by atoms with Crippen molar-refractivity contribution in [1.82, 2.24) is 15.6 Å². The molecule has 2 heterocycles. The molecule has 1 atom stereocenters. The van der Waals surface area contributed by atoms with Crippen LogP contribution >= 0.6 is 11.6 Å². The van der Waals surface area contributed by atoms with Crippen molar-refractivity contribution in [3.05, 3.63) is 23.4 Å². The first kappa shape index (κ1) is 14.4. The van der Waals surface area contributed by atoms with Crippen molar-refractivity contribution >= 4 is 23.4 Å². The maximum absolute atomic E-state index is 6.22. The van der Waals surface area contributed by atoms with Gasteiger partial charge in [0, 0.05) is 38.9 Å². The summed E-state index contributed by atoms with van der Waals surface area (Å²) in [7, 11) is 1.82. The van der Waals surface area contributed by atoms with E-state index in [9.17, 15) is 0 Å². The number of hydrogen-bond donors (Lipinski definition) is 2. The molecule has 5 nitrogen and oxygen atoms in total. The highest BCUT2D eigenvalue weighted by molar-refractivity contribution is 6.32. The molecule has 6 heteroatoms. The summed E-state index contributed by atoms with van der Waals surface area (Å²) in [4.78, 5) is 10.9. The van der Waals surface area contributed by atoms with Gasteiger partial charge in [0.05, 0.1) is 5.02 Å². The topological polar surface area (TPSA) is 52.6 Å². The van der Waals surface area contributed by atoms with Crippen LogP contribution in [0.25, 0.3) is 0 Å². The highest BCUT2D eigenvalue weighted by Gasteiger charge is 2.26. The van der Waals surface area contributed by atoms with Gasteiger partial charge in [-0.05, 0) is 37.3 Å². The van der Waals surface area contributed by atoms with Crippen molar-refractivity contribution < 1.29 is 0 Å². The second-order valence-electron chi connectivity index (χ2n) is 5.78. The molecule has 1 aliphatic carbocycles. The number of nitrogens with one attached hydrogen (secondary N) is 2. The van der Waals surface area contributed by atoms with E-state index >= 15 is 0 Å². The molecule has 2 aliphatic rings. The summed E-state index contributed by atoms with van der Waals surface area (Å²) in [6.45, 7) is 2.90. The number of rotatable bonds is 4. The van der Waals surface area contributed by atoms with Crippen LogP contribution in [-0.4, -0.2) is 43.7 Å². The monoisotopic (exact) mass is 307 g/mol. The third-order valence-corrected chi connectivity index (χ3v) is 4.34. The Morgan fingerprint density at radius 2 is 2.33 bits per heavy atom. The molecule has 1 aromatic rings. The second-order valence-corrected chi connectivity index (χ2v) is 6.19. The first-order valence-electron chi connectivity index (χ1n) is 7.59. The molecule has 0 amide bonds. The maximum atomic E-state index is 6.22. The summed E-state index contributed by atoms with van der Waals surface area (Å²) in [6, 6.07) is 4.13. The van der Waals surface area contributed by atoms with E-state index < -0.39 is 0 Å². The average molecular weight is 308 g/mol. The normalized spacial score (nSPS) is 22.5. The molecule has 0 radical (unpaired) electrons. The van der Waals surface area contributed by atoms with E-state index in [0.717, 1.165) is 48.8 Å². The molecule has 1 unspecified atom stereocenters. The molecule has 1 aromatic heterocycles. The second kappa shape index (κ2) is 6.52. The Morgan fingerprint density at radius 3 is 3.05 bits per heavy atom. The minimum Gasteiger partial charge on any atom is -0.356 e. The number of pyridine rings is 1. The highest BCUT2D eigenvalue weighted by Crippen LogP contribution is 2.27. The van der Waals surface area contributed by atoms with Gasteiger partial charge in [-0.25, -0.2) is 4.98 Å². The van der Waals surface area contributed by atoms with Crippen molar-refractivity contribution in [3.8, 4) is 0 Å². The first-order valence-corrected chi connectivity index (χ1v) is 7.96. The van der Waals surface area contributed by atoms with Gasteiger partial charge in [-0.1, -0.05) is 11.6 Å². The first-order chi connectivity index (χ1) is 10.3. The van der Waals surface area contributed by atoms with Crippen LogP contribution in [0.3, 0.4) is 0 Å². The van der Waals surface area contributed by atoms with Crippen LogP contribution < -0.4 is 15.5 Å². The van der Waals surface area contributed by atoms with Gasteiger partial charge in [-0.2, -0.15) is 0 Å². The Balaban J connectivity index is 1.52. The van der Waals surface area contributed by atoms with Gasteiger partial charge in [0.25, 0.3) is 0 Å². The molecule has 1 aliphatic heterocycles. The van der Waals surface area contributed by atoms with Gasteiger partial charge < -0.3 is 15.5 Å². The maximum Gasteiger partial charge on any atom is 0.191 e. The van der Waals surface area contributed by atoms with Crippen molar-refractivity contribution in [2.75, 3.05) is 31.6 Å². The molecule has 2 fully saturated rings. The quantitative estimate of drug-likeness (QED) is 0.659. The average Bonchev–Trinajstić information content (AvgIpc) is 3.22. The van der Waals surface area contributed by atoms with Crippen LogP contribution in [-0.2, 0) is 0 Å². The number of aliphatic imine (C=N–C) groups is 1. The van der Waals surface area contributed by atoms with Crippen LogP contribution in [0.15, 0.2) is 23.3 Å². The minimum atomic E-state index is 0.383. The van der Waals surface area contributed by atoms with Gasteiger partial charge in [-0.3, -0.25) is 4.99 Å². The van der Waals surface area contributed by atoms with Crippen molar-refractivity contribution in [2.45, 2.75) is 25.3 Å². The molecule has 0 aromatic carbocycles. The molecule has 3 rings (SSSR count). The Kier molecular flexibility index (Phi) is 4.48. The van der Waals surface area contributed by atoms with Gasteiger partial charge in [-0.15, -0.1) is 0 Å².